The smallest absolute Gasteiger partial charge is 0.329 e. The van der Waals surface area contributed by atoms with Crippen LogP contribution in [0.1, 0.15) is 38.2 Å². The van der Waals surface area contributed by atoms with E-state index in [1.807, 2.05) is 6.07 Å². The number of esters is 1. The van der Waals surface area contributed by atoms with Crippen molar-refractivity contribution >= 4 is 29.4 Å². The van der Waals surface area contributed by atoms with Crippen LogP contribution in [-0.4, -0.2) is 41.2 Å². The number of imide groups is 1. The molecule has 1 heterocycles. The van der Waals surface area contributed by atoms with Crippen LogP contribution < -0.4 is 5.32 Å². The molecule has 3 rings (SSSR count). The molecule has 1 aromatic rings. The number of rotatable bonds is 5. The van der Waals surface area contributed by atoms with Gasteiger partial charge in [-0.15, -0.1) is 0 Å². The fraction of sp³-hybridized carbons (Fsp3) is 0.450. The SMILES string of the molecule is CC(C(=O)OCC(=O)Nc1ccc(C#N)cc1)N1C(=O)C2CCCCC2C1=O. The molecule has 28 heavy (non-hydrogen) atoms. The molecule has 1 N–H and O–H groups in total. The molecular formula is C20H21N3O5. The molecular weight excluding hydrogens is 362 g/mol. The second kappa shape index (κ2) is 8.21. The molecule has 1 aliphatic carbocycles. The Kier molecular flexibility index (Phi) is 5.73. The van der Waals surface area contributed by atoms with E-state index in [1.54, 1.807) is 24.3 Å². The number of nitrogens with zero attached hydrogens (tertiary/aromatic N) is 2. The molecule has 3 amide bonds. The van der Waals surface area contributed by atoms with Gasteiger partial charge in [0.25, 0.3) is 5.91 Å². The van der Waals surface area contributed by atoms with Crippen LogP contribution in [0, 0.1) is 23.2 Å². The van der Waals surface area contributed by atoms with Crippen molar-refractivity contribution in [1.82, 2.24) is 4.90 Å². The minimum atomic E-state index is -1.06. The molecule has 0 bridgehead atoms. The third-order valence-electron chi connectivity index (χ3n) is 5.25. The second-order valence-corrected chi connectivity index (χ2v) is 7.06. The summed E-state index contributed by atoms with van der Waals surface area (Å²) in [5.41, 5.74) is 0.917. The fourth-order valence-electron chi connectivity index (χ4n) is 3.76. The Morgan fingerprint density at radius 1 is 1.18 bits per heavy atom. The van der Waals surface area contributed by atoms with Gasteiger partial charge >= 0.3 is 5.97 Å². The average molecular weight is 383 g/mol. The highest BCUT2D eigenvalue weighted by molar-refractivity contribution is 6.08. The summed E-state index contributed by atoms with van der Waals surface area (Å²) < 4.78 is 5.00. The topological polar surface area (TPSA) is 117 Å². The van der Waals surface area contributed by atoms with E-state index in [1.165, 1.54) is 6.92 Å². The number of fused-ring (bicyclic) bond motifs is 1. The number of benzene rings is 1. The molecule has 8 heteroatoms. The van der Waals surface area contributed by atoms with Crippen LogP contribution in [0.5, 0.6) is 0 Å². The molecule has 2 fully saturated rings. The number of hydrogen-bond donors (Lipinski definition) is 1. The van der Waals surface area contributed by atoms with Crippen LogP contribution in [0.4, 0.5) is 5.69 Å². The first-order chi connectivity index (χ1) is 13.4. The van der Waals surface area contributed by atoms with Crippen molar-refractivity contribution in [2.45, 2.75) is 38.6 Å². The second-order valence-electron chi connectivity index (χ2n) is 7.06. The Bertz CT molecular complexity index is 818. The number of nitrogens with one attached hydrogen (secondary N) is 1. The van der Waals surface area contributed by atoms with Gasteiger partial charge in [0.1, 0.15) is 6.04 Å². The Hall–Kier alpha value is -3.21. The van der Waals surface area contributed by atoms with Crippen molar-refractivity contribution in [3.05, 3.63) is 29.8 Å². The Morgan fingerprint density at radius 2 is 1.75 bits per heavy atom. The van der Waals surface area contributed by atoms with E-state index in [9.17, 15) is 19.2 Å². The van der Waals surface area contributed by atoms with Crippen molar-refractivity contribution in [2.24, 2.45) is 11.8 Å². The van der Waals surface area contributed by atoms with E-state index in [2.05, 4.69) is 5.32 Å². The van der Waals surface area contributed by atoms with Crippen LogP contribution in [0.2, 0.25) is 0 Å². The summed E-state index contributed by atoms with van der Waals surface area (Å²) in [5, 5.41) is 11.3. The predicted molar refractivity (Wildman–Crippen MR) is 97.5 cm³/mol. The molecule has 1 aromatic carbocycles. The summed E-state index contributed by atoms with van der Waals surface area (Å²) in [4.78, 5) is 50.3. The lowest BCUT2D eigenvalue weighted by Crippen LogP contribution is -2.45. The van der Waals surface area contributed by atoms with Crippen molar-refractivity contribution in [3.63, 3.8) is 0 Å². The maximum Gasteiger partial charge on any atom is 0.329 e. The molecule has 146 valence electrons. The summed E-state index contributed by atoms with van der Waals surface area (Å²) in [6, 6.07) is 7.13. The van der Waals surface area contributed by atoms with Crippen molar-refractivity contribution < 1.29 is 23.9 Å². The van der Waals surface area contributed by atoms with Gasteiger partial charge < -0.3 is 10.1 Å². The van der Waals surface area contributed by atoms with E-state index in [0.29, 0.717) is 24.1 Å². The normalized spacial score (nSPS) is 22.2. The largest absolute Gasteiger partial charge is 0.454 e. The van der Waals surface area contributed by atoms with Crippen LogP contribution in [-0.2, 0) is 23.9 Å². The molecule has 0 aromatic heterocycles. The lowest BCUT2D eigenvalue weighted by Gasteiger charge is -2.21. The number of amides is 3. The van der Waals surface area contributed by atoms with Gasteiger partial charge in [-0.1, -0.05) is 12.8 Å². The van der Waals surface area contributed by atoms with E-state index < -0.39 is 24.5 Å². The molecule has 1 aliphatic heterocycles. The van der Waals surface area contributed by atoms with Gasteiger partial charge in [-0.3, -0.25) is 19.3 Å². The standard InChI is InChI=1S/C20H21N3O5/c1-12(23-18(25)15-4-2-3-5-16(15)19(23)26)20(27)28-11-17(24)22-14-8-6-13(10-21)7-9-14/h6-9,12,15-16H,2-5,11H2,1H3,(H,22,24). The lowest BCUT2D eigenvalue weighted by atomic mass is 9.81. The van der Waals surface area contributed by atoms with Crippen LogP contribution in [0.15, 0.2) is 24.3 Å². The highest BCUT2D eigenvalue weighted by atomic mass is 16.5. The van der Waals surface area contributed by atoms with Crippen molar-refractivity contribution in [2.75, 3.05) is 11.9 Å². The first-order valence-corrected chi connectivity index (χ1v) is 9.26. The van der Waals surface area contributed by atoms with Gasteiger partial charge in [-0.05, 0) is 44.0 Å². The van der Waals surface area contributed by atoms with Crippen molar-refractivity contribution in [3.8, 4) is 6.07 Å². The minimum absolute atomic E-state index is 0.318. The summed E-state index contributed by atoms with van der Waals surface area (Å²) in [6.07, 6.45) is 3.14. The molecule has 3 atom stereocenters. The zero-order valence-electron chi connectivity index (χ0n) is 15.5. The van der Waals surface area contributed by atoms with Gasteiger partial charge in [0.15, 0.2) is 6.61 Å². The van der Waals surface area contributed by atoms with Crippen LogP contribution >= 0.6 is 0 Å². The summed E-state index contributed by atoms with van der Waals surface area (Å²) in [6.45, 7) is 0.903. The summed E-state index contributed by atoms with van der Waals surface area (Å²) in [7, 11) is 0. The number of hydrogen-bond acceptors (Lipinski definition) is 6. The summed E-state index contributed by atoms with van der Waals surface area (Å²) >= 11 is 0. The van der Waals surface area contributed by atoms with E-state index in [4.69, 9.17) is 10.00 Å². The highest BCUT2D eigenvalue weighted by Gasteiger charge is 2.51. The van der Waals surface area contributed by atoms with Gasteiger partial charge in [0, 0.05) is 5.69 Å². The number of carbonyl (C=O) groups excluding carboxylic acids is 4. The lowest BCUT2D eigenvalue weighted by molar-refractivity contribution is -0.159. The first kappa shape index (κ1) is 19.5. The zero-order chi connectivity index (χ0) is 20.3. The Balaban J connectivity index is 1.54. The van der Waals surface area contributed by atoms with Crippen molar-refractivity contribution in [1.29, 1.82) is 5.26 Å². The number of anilines is 1. The molecule has 1 saturated heterocycles. The third-order valence-corrected chi connectivity index (χ3v) is 5.25. The molecule has 3 unspecified atom stereocenters. The monoisotopic (exact) mass is 383 g/mol. The number of likely N-dealkylation sites (tertiary alicyclic amines) is 1. The van der Waals surface area contributed by atoms with E-state index in [0.717, 1.165) is 17.7 Å². The fourth-order valence-corrected chi connectivity index (χ4v) is 3.76. The Labute approximate surface area is 162 Å². The molecule has 8 nitrogen and oxygen atoms in total. The average Bonchev–Trinajstić information content (AvgIpc) is 2.97. The highest BCUT2D eigenvalue weighted by Crippen LogP contribution is 2.38. The quantitative estimate of drug-likeness (QED) is 0.610. The van der Waals surface area contributed by atoms with Gasteiger partial charge in [-0.2, -0.15) is 5.26 Å². The number of ether oxygens (including phenoxy) is 1. The number of carbonyl (C=O) groups is 4. The van der Waals surface area contributed by atoms with Crippen LogP contribution in [0.3, 0.4) is 0 Å². The molecule has 1 saturated carbocycles. The molecule has 2 aliphatic rings. The van der Waals surface area contributed by atoms with Crippen LogP contribution in [0.25, 0.3) is 0 Å². The third kappa shape index (κ3) is 3.88. The van der Waals surface area contributed by atoms with Gasteiger partial charge in [0.2, 0.25) is 11.8 Å². The maximum atomic E-state index is 12.5. The predicted octanol–water partition coefficient (Wildman–Crippen LogP) is 1.60. The first-order valence-electron chi connectivity index (χ1n) is 9.26. The summed E-state index contributed by atoms with van der Waals surface area (Å²) in [5.74, 6) is -2.66. The van der Waals surface area contributed by atoms with E-state index >= 15 is 0 Å². The number of nitriles is 1. The minimum Gasteiger partial charge on any atom is -0.454 e. The van der Waals surface area contributed by atoms with Gasteiger partial charge in [-0.25, -0.2) is 4.79 Å². The molecule has 0 radical (unpaired) electrons. The Morgan fingerprint density at radius 3 is 2.29 bits per heavy atom. The maximum absolute atomic E-state index is 12.5. The molecule has 0 spiro atoms. The zero-order valence-corrected chi connectivity index (χ0v) is 15.5. The van der Waals surface area contributed by atoms with E-state index in [-0.39, 0.29) is 23.7 Å². The van der Waals surface area contributed by atoms with Gasteiger partial charge in [0.05, 0.1) is 23.5 Å².